The summed E-state index contributed by atoms with van der Waals surface area (Å²) in [6.07, 6.45) is 4.85. The second-order valence-electron chi connectivity index (χ2n) is 3.37. The molecule has 15 heavy (non-hydrogen) atoms. The number of unbranched alkanes of at least 4 members (excludes halogenated alkanes) is 2. The van der Waals surface area contributed by atoms with Gasteiger partial charge in [-0.2, -0.15) is 0 Å². The van der Waals surface area contributed by atoms with Gasteiger partial charge in [0, 0.05) is 13.3 Å². The van der Waals surface area contributed by atoms with Crippen molar-refractivity contribution >= 4 is 11.9 Å². The van der Waals surface area contributed by atoms with E-state index in [0.717, 1.165) is 19.3 Å². The third-order valence-corrected chi connectivity index (χ3v) is 1.84. The molecule has 4 heteroatoms. The van der Waals surface area contributed by atoms with Crippen molar-refractivity contribution in [2.24, 2.45) is 0 Å². The van der Waals surface area contributed by atoms with Crippen LogP contribution in [0.4, 0.5) is 0 Å². The molecule has 1 saturated heterocycles. The van der Waals surface area contributed by atoms with E-state index < -0.39 is 0 Å². The fraction of sp³-hybridized carbons (Fsp3) is 0.818. The van der Waals surface area contributed by atoms with Gasteiger partial charge in [-0.15, -0.1) is 0 Å². The van der Waals surface area contributed by atoms with E-state index in [9.17, 15) is 9.59 Å². The molecule has 0 radical (unpaired) electrons. The topological polar surface area (TPSA) is 52.6 Å². The molecule has 0 bridgehead atoms. The zero-order valence-electron chi connectivity index (χ0n) is 9.58. The van der Waals surface area contributed by atoms with Crippen LogP contribution in [0.25, 0.3) is 0 Å². The molecule has 4 nitrogen and oxygen atoms in total. The van der Waals surface area contributed by atoms with Crippen LogP contribution in [0.5, 0.6) is 0 Å². The zero-order valence-corrected chi connectivity index (χ0v) is 9.58. The number of carbonyl (C=O) groups is 2. The number of ether oxygens (including phenoxy) is 2. The van der Waals surface area contributed by atoms with Gasteiger partial charge in [0.15, 0.2) is 0 Å². The number of cyclic esters (lactones) is 1. The lowest BCUT2D eigenvalue weighted by Gasteiger charge is -1.98. The largest absolute Gasteiger partial charge is 0.466 e. The maximum atomic E-state index is 10.2. The molecule has 0 unspecified atom stereocenters. The predicted molar refractivity (Wildman–Crippen MR) is 56.4 cm³/mol. The lowest BCUT2D eigenvalue weighted by atomic mass is 10.3. The molecule has 1 fully saturated rings. The van der Waals surface area contributed by atoms with E-state index in [1.165, 1.54) is 13.3 Å². The molecule has 0 aromatic carbocycles. The molecule has 1 aliphatic heterocycles. The number of hydrogen-bond acceptors (Lipinski definition) is 4. The summed E-state index contributed by atoms with van der Waals surface area (Å²) >= 11 is 0. The molecule has 88 valence electrons. The van der Waals surface area contributed by atoms with Gasteiger partial charge in [0.2, 0.25) is 0 Å². The maximum absolute atomic E-state index is 10.2. The second-order valence-corrected chi connectivity index (χ2v) is 3.37. The molecule has 0 spiro atoms. The van der Waals surface area contributed by atoms with Crippen molar-refractivity contribution in [2.75, 3.05) is 13.2 Å². The van der Waals surface area contributed by atoms with Crippen molar-refractivity contribution in [2.45, 2.75) is 46.0 Å². The SMILES string of the molecule is CCCCCOC(C)=O.O=C1CCCO1. The standard InChI is InChI=1S/C7H14O2.C4H6O2/c1-3-4-5-6-9-7(2)8;5-4-2-1-3-6-4/h3-6H2,1-2H3;1-3H2. The summed E-state index contributed by atoms with van der Waals surface area (Å²) in [5, 5.41) is 0. The predicted octanol–water partition coefficient (Wildman–Crippen LogP) is 2.06. The van der Waals surface area contributed by atoms with Gasteiger partial charge in [0.1, 0.15) is 0 Å². The van der Waals surface area contributed by atoms with Crippen molar-refractivity contribution in [1.82, 2.24) is 0 Å². The van der Waals surface area contributed by atoms with Gasteiger partial charge >= 0.3 is 11.9 Å². The summed E-state index contributed by atoms with van der Waals surface area (Å²) < 4.78 is 9.22. The highest BCUT2D eigenvalue weighted by Crippen LogP contribution is 2.01. The summed E-state index contributed by atoms with van der Waals surface area (Å²) in [7, 11) is 0. The summed E-state index contributed by atoms with van der Waals surface area (Å²) in [5.74, 6) is -0.221. The Morgan fingerprint density at radius 2 is 2.20 bits per heavy atom. The maximum Gasteiger partial charge on any atom is 0.305 e. The molecule has 0 saturated carbocycles. The fourth-order valence-corrected chi connectivity index (χ4v) is 1.04. The Morgan fingerprint density at radius 1 is 1.47 bits per heavy atom. The van der Waals surface area contributed by atoms with Gasteiger partial charge in [-0.1, -0.05) is 19.8 Å². The number of carbonyl (C=O) groups excluding carboxylic acids is 2. The van der Waals surface area contributed by atoms with Crippen molar-refractivity contribution in [3.8, 4) is 0 Å². The zero-order chi connectivity index (χ0) is 11.5. The molecule has 1 heterocycles. The van der Waals surface area contributed by atoms with E-state index >= 15 is 0 Å². The average Bonchev–Trinajstić information content (AvgIpc) is 2.65. The first-order valence-electron chi connectivity index (χ1n) is 5.45. The molecule has 0 N–H and O–H groups in total. The lowest BCUT2D eigenvalue weighted by Crippen LogP contribution is -1.99. The van der Waals surface area contributed by atoms with E-state index in [1.807, 2.05) is 0 Å². The monoisotopic (exact) mass is 216 g/mol. The highest BCUT2D eigenvalue weighted by molar-refractivity contribution is 5.70. The summed E-state index contributed by atoms with van der Waals surface area (Å²) in [6, 6.07) is 0. The first-order valence-corrected chi connectivity index (χ1v) is 5.45. The van der Waals surface area contributed by atoms with Crippen LogP contribution >= 0.6 is 0 Å². The highest BCUT2D eigenvalue weighted by Gasteiger charge is 2.08. The molecule has 0 atom stereocenters. The number of esters is 2. The van der Waals surface area contributed by atoms with Crippen LogP contribution in [-0.4, -0.2) is 25.2 Å². The lowest BCUT2D eigenvalue weighted by molar-refractivity contribution is -0.141. The van der Waals surface area contributed by atoms with Crippen LogP contribution in [0.2, 0.25) is 0 Å². The summed E-state index contributed by atoms with van der Waals surface area (Å²) in [6.45, 7) is 4.78. The van der Waals surface area contributed by atoms with E-state index in [-0.39, 0.29) is 11.9 Å². The van der Waals surface area contributed by atoms with Crippen molar-refractivity contribution in [3.05, 3.63) is 0 Å². The highest BCUT2D eigenvalue weighted by atomic mass is 16.5. The van der Waals surface area contributed by atoms with Crippen molar-refractivity contribution in [1.29, 1.82) is 0 Å². The minimum atomic E-state index is -0.175. The van der Waals surface area contributed by atoms with Crippen LogP contribution in [0.15, 0.2) is 0 Å². The molecule has 1 aliphatic rings. The van der Waals surface area contributed by atoms with Crippen molar-refractivity contribution in [3.63, 3.8) is 0 Å². The van der Waals surface area contributed by atoms with Crippen LogP contribution in [0.3, 0.4) is 0 Å². The second kappa shape index (κ2) is 9.49. The van der Waals surface area contributed by atoms with Gasteiger partial charge in [0.25, 0.3) is 0 Å². The molecule has 0 aromatic heterocycles. The Bertz CT molecular complexity index is 181. The smallest absolute Gasteiger partial charge is 0.305 e. The van der Waals surface area contributed by atoms with Gasteiger partial charge in [-0.25, -0.2) is 0 Å². The molecule has 0 amide bonds. The molecule has 0 aliphatic carbocycles. The Labute approximate surface area is 90.9 Å². The third-order valence-electron chi connectivity index (χ3n) is 1.84. The Balaban J connectivity index is 0.000000280. The molecule has 1 rings (SSSR count). The minimum absolute atomic E-state index is 0.0463. The van der Waals surface area contributed by atoms with E-state index in [2.05, 4.69) is 11.7 Å². The van der Waals surface area contributed by atoms with Crippen molar-refractivity contribution < 1.29 is 19.1 Å². The quantitative estimate of drug-likeness (QED) is 0.533. The van der Waals surface area contributed by atoms with Crippen LogP contribution in [0.1, 0.15) is 46.0 Å². The number of hydrogen-bond donors (Lipinski definition) is 0. The van der Waals surface area contributed by atoms with Gasteiger partial charge in [-0.3, -0.25) is 9.59 Å². The normalized spacial score (nSPS) is 13.9. The van der Waals surface area contributed by atoms with Gasteiger partial charge < -0.3 is 9.47 Å². The Kier molecular flexibility index (Phi) is 8.82. The third kappa shape index (κ3) is 10.9. The molecule has 0 aromatic rings. The number of rotatable bonds is 4. The Hall–Kier alpha value is -1.06. The van der Waals surface area contributed by atoms with E-state index in [1.54, 1.807) is 0 Å². The van der Waals surface area contributed by atoms with Crippen LogP contribution < -0.4 is 0 Å². The average molecular weight is 216 g/mol. The molecular weight excluding hydrogens is 196 g/mol. The first kappa shape index (κ1) is 13.9. The van der Waals surface area contributed by atoms with Crippen LogP contribution in [-0.2, 0) is 19.1 Å². The fourth-order valence-electron chi connectivity index (χ4n) is 1.04. The Morgan fingerprint density at radius 3 is 2.53 bits per heavy atom. The van der Waals surface area contributed by atoms with Gasteiger partial charge in [0.05, 0.1) is 13.2 Å². The van der Waals surface area contributed by atoms with E-state index in [0.29, 0.717) is 19.6 Å². The summed E-state index contributed by atoms with van der Waals surface area (Å²) in [4.78, 5) is 20.2. The van der Waals surface area contributed by atoms with Gasteiger partial charge in [-0.05, 0) is 12.8 Å². The first-order chi connectivity index (χ1) is 7.16. The summed E-state index contributed by atoms with van der Waals surface area (Å²) in [5.41, 5.74) is 0. The molecular formula is C11H20O4. The van der Waals surface area contributed by atoms with E-state index in [4.69, 9.17) is 4.74 Å². The van der Waals surface area contributed by atoms with Crippen LogP contribution in [0, 0.1) is 0 Å². The minimum Gasteiger partial charge on any atom is -0.466 e.